The molecule has 0 bridgehead atoms. The zero-order chi connectivity index (χ0) is 18.9. The van der Waals surface area contributed by atoms with Gasteiger partial charge in [0, 0.05) is 44.0 Å². The summed E-state index contributed by atoms with van der Waals surface area (Å²) < 4.78 is 27.8. The maximum atomic E-state index is 13.1. The SMILES string of the molecule is CCCN1CCN(c2cccc3c2CCN3S(=O)(=O)c2ccccc2)CC1. The van der Waals surface area contributed by atoms with Crippen LogP contribution in [0.4, 0.5) is 11.4 Å². The number of fused-ring (bicyclic) bond motifs is 1. The average Bonchev–Trinajstić information content (AvgIpc) is 3.15. The van der Waals surface area contributed by atoms with E-state index in [2.05, 4.69) is 22.8 Å². The first-order chi connectivity index (χ1) is 13.1. The Balaban J connectivity index is 1.60. The molecule has 0 amide bonds. The summed E-state index contributed by atoms with van der Waals surface area (Å²) in [6.45, 7) is 8.04. The van der Waals surface area contributed by atoms with Gasteiger partial charge in [0.2, 0.25) is 0 Å². The van der Waals surface area contributed by atoms with E-state index < -0.39 is 10.0 Å². The first-order valence-electron chi connectivity index (χ1n) is 9.78. The van der Waals surface area contributed by atoms with Crippen molar-refractivity contribution < 1.29 is 8.42 Å². The van der Waals surface area contributed by atoms with E-state index in [4.69, 9.17) is 0 Å². The van der Waals surface area contributed by atoms with Crippen LogP contribution in [0.25, 0.3) is 0 Å². The first kappa shape index (κ1) is 18.3. The number of hydrogen-bond donors (Lipinski definition) is 0. The highest BCUT2D eigenvalue weighted by Gasteiger charge is 2.33. The Hall–Kier alpha value is -2.05. The van der Waals surface area contributed by atoms with Crippen LogP contribution in [-0.4, -0.2) is 52.6 Å². The molecule has 2 aliphatic heterocycles. The number of benzene rings is 2. The average molecular weight is 386 g/mol. The van der Waals surface area contributed by atoms with Crippen LogP contribution in [0, 0.1) is 0 Å². The molecule has 0 unspecified atom stereocenters. The van der Waals surface area contributed by atoms with Gasteiger partial charge in [-0.3, -0.25) is 9.21 Å². The summed E-state index contributed by atoms with van der Waals surface area (Å²) in [6, 6.07) is 14.8. The molecule has 0 atom stereocenters. The van der Waals surface area contributed by atoms with Crippen molar-refractivity contribution in [2.75, 3.05) is 48.5 Å². The molecule has 2 aromatic rings. The molecule has 5 nitrogen and oxygen atoms in total. The Morgan fingerprint density at radius 1 is 0.852 bits per heavy atom. The van der Waals surface area contributed by atoms with Crippen molar-refractivity contribution in [2.45, 2.75) is 24.7 Å². The van der Waals surface area contributed by atoms with Gasteiger partial charge in [-0.1, -0.05) is 31.2 Å². The number of piperazine rings is 1. The topological polar surface area (TPSA) is 43.9 Å². The van der Waals surface area contributed by atoms with Gasteiger partial charge in [-0.05, 0) is 43.7 Å². The number of hydrogen-bond acceptors (Lipinski definition) is 4. The highest BCUT2D eigenvalue weighted by molar-refractivity contribution is 7.92. The van der Waals surface area contributed by atoms with Gasteiger partial charge in [-0.15, -0.1) is 0 Å². The molecule has 0 aliphatic carbocycles. The third kappa shape index (κ3) is 3.44. The van der Waals surface area contributed by atoms with Crippen LogP contribution in [-0.2, 0) is 16.4 Å². The van der Waals surface area contributed by atoms with Gasteiger partial charge >= 0.3 is 0 Å². The number of rotatable bonds is 5. The van der Waals surface area contributed by atoms with Crippen molar-refractivity contribution in [1.29, 1.82) is 0 Å². The van der Waals surface area contributed by atoms with Crippen molar-refractivity contribution in [2.24, 2.45) is 0 Å². The first-order valence-corrected chi connectivity index (χ1v) is 11.2. The van der Waals surface area contributed by atoms with Crippen LogP contribution in [0.5, 0.6) is 0 Å². The predicted octanol–water partition coefficient (Wildman–Crippen LogP) is 2.97. The Labute approximate surface area is 162 Å². The monoisotopic (exact) mass is 385 g/mol. The smallest absolute Gasteiger partial charge is 0.264 e. The van der Waals surface area contributed by atoms with Gasteiger partial charge in [-0.2, -0.15) is 0 Å². The van der Waals surface area contributed by atoms with E-state index in [-0.39, 0.29) is 0 Å². The molecular formula is C21H27N3O2S. The molecule has 0 N–H and O–H groups in total. The zero-order valence-corrected chi connectivity index (χ0v) is 16.7. The van der Waals surface area contributed by atoms with Crippen molar-refractivity contribution in [3.05, 3.63) is 54.1 Å². The Kier molecular flexibility index (Phi) is 5.10. The van der Waals surface area contributed by atoms with E-state index in [1.54, 1.807) is 28.6 Å². The summed E-state index contributed by atoms with van der Waals surface area (Å²) in [4.78, 5) is 5.28. The molecule has 27 heavy (non-hydrogen) atoms. The third-order valence-electron chi connectivity index (χ3n) is 5.54. The minimum absolute atomic E-state index is 0.358. The molecule has 0 spiro atoms. The molecule has 4 rings (SSSR count). The lowest BCUT2D eigenvalue weighted by atomic mass is 10.1. The Bertz CT molecular complexity index is 891. The van der Waals surface area contributed by atoms with Crippen LogP contribution in [0.2, 0.25) is 0 Å². The third-order valence-corrected chi connectivity index (χ3v) is 7.37. The minimum Gasteiger partial charge on any atom is -0.369 e. The number of nitrogens with zero attached hydrogens (tertiary/aromatic N) is 3. The second-order valence-corrected chi connectivity index (χ2v) is 9.11. The van der Waals surface area contributed by atoms with E-state index in [1.807, 2.05) is 18.2 Å². The summed E-state index contributed by atoms with van der Waals surface area (Å²) >= 11 is 0. The quantitative estimate of drug-likeness (QED) is 0.794. The van der Waals surface area contributed by atoms with Crippen molar-refractivity contribution in [1.82, 2.24) is 4.90 Å². The van der Waals surface area contributed by atoms with E-state index in [1.165, 1.54) is 17.7 Å². The molecule has 0 aromatic heterocycles. The molecule has 0 saturated carbocycles. The highest BCUT2D eigenvalue weighted by Crippen LogP contribution is 2.38. The fraction of sp³-hybridized carbons (Fsp3) is 0.429. The number of sulfonamides is 1. The van der Waals surface area contributed by atoms with Crippen LogP contribution in [0.3, 0.4) is 0 Å². The standard InChI is InChI=1S/C21H27N3O2S/c1-2-12-22-14-16-23(17-15-22)20-9-6-10-21-19(20)11-13-24(21)27(25,26)18-7-4-3-5-8-18/h3-10H,2,11-17H2,1H3. The van der Waals surface area contributed by atoms with Gasteiger partial charge in [0.15, 0.2) is 0 Å². The summed E-state index contributed by atoms with van der Waals surface area (Å²) in [5, 5.41) is 0. The van der Waals surface area contributed by atoms with Gasteiger partial charge in [0.05, 0.1) is 10.6 Å². The maximum absolute atomic E-state index is 13.1. The second kappa shape index (κ2) is 7.52. The van der Waals surface area contributed by atoms with Crippen molar-refractivity contribution >= 4 is 21.4 Å². The van der Waals surface area contributed by atoms with Crippen LogP contribution >= 0.6 is 0 Å². The van der Waals surface area contributed by atoms with E-state index in [0.29, 0.717) is 11.4 Å². The molecule has 1 saturated heterocycles. The van der Waals surface area contributed by atoms with Gasteiger partial charge in [-0.25, -0.2) is 8.42 Å². The van der Waals surface area contributed by atoms with Crippen LogP contribution < -0.4 is 9.21 Å². The zero-order valence-electron chi connectivity index (χ0n) is 15.8. The maximum Gasteiger partial charge on any atom is 0.264 e. The lowest BCUT2D eigenvalue weighted by Crippen LogP contribution is -2.46. The second-order valence-electron chi connectivity index (χ2n) is 7.24. The molecule has 0 radical (unpaired) electrons. The largest absolute Gasteiger partial charge is 0.369 e. The summed E-state index contributed by atoms with van der Waals surface area (Å²) in [6.07, 6.45) is 1.96. The minimum atomic E-state index is -3.51. The van der Waals surface area contributed by atoms with E-state index >= 15 is 0 Å². The summed E-state index contributed by atoms with van der Waals surface area (Å²) in [7, 11) is -3.51. The van der Waals surface area contributed by atoms with Crippen LogP contribution in [0.15, 0.2) is 53.4 Å². The van der Waals surface area contributed by atoms with Crippen LogP contribution in [0.1, 0.15) is 18.9 Å². The lowest BCUT2D eigenvalue weighted by molar-refractivity contribution is 0.258. The molecule has 6 heteroatoms. The van der Waals surface area contributed by atoms with Gasteiger partial charge < -0.3 is 4.90 Å². The highest BCUT2D eigenvalue weighted by atomic mass is 32.2. The molecule has 1 fully saturated rings. The normalized spacial score (nSPS) is 18.0. The van der Waals surface area contributed by atoms with Gasteiger partial charge in [0.25, 0.3) is 10.0 Å². The molecule has 2 heterocycles. The van der Waals surface area contributed by atoms with Gasteiger partial charge in [0.1, 0.15) is 0 Å². The molecular weight excluding hydrogens is 358 g/mol. The van der Waals surface area contributed by atoms with Crippen molar-refractivity contribution in [3.8, 4) is 0 Å². The molecule has 2 aliphatic rings. The summed E-state index contributed by atoms with van der Waals surface area (Å²) in [5.41, 5.74) is 3.21. The fourth-order valence-electron chi connectivity index (χ4n) is 4.18. The van der Waals surface area contributed by atoms with Crippen molar-refractivity contribution in [3.63, 3.8) is 0 Å². The van der Waals surface area contributed by atoms with E-state index in [9.17, 15) is 8.42 Å². The number of anilines is 2. The lowest BCUT2D eigenvalue weighted by Gasteiger charge is -2.37. The fourth-order valence-corrected chi connectivity index (χ4v) is 5.70. The molecule has 144 valence electrons. The molecule has 2 aromatic carbocycles. The van der Waals surface area contributed by atoms with E-state index in [0.717, 1.165) is 44.8 Å². The predicted molar refractivity (Wildman–Crippen MR) is 110 cm³/mol. The summed E-state index contributed by atoms with van der Waals surface area (Å²) in [5.74, 6) is 0. The Morgan fingerprint density at radius 2 is 1.56 bits per heavy atom. The Morgan fingerprint density at radius 3 is 2.26 bits per heavy atom.